The van der Waals surface area contributed by atoms with Gasteiger partial charge in [0.2, 0.25) is 0 Å². The van der Waals surface area contributed by atoms with Gasteiger partial charge in [-0.15, -0.1) is 9.24 Å². The molecule has 12 heavy (non-hydrogen) atoms. The molecule has 1 heteroatoms. The Morgan fingerprint density at radius 3 is 2.58 bits per heavy atom. The van der Waals surface area contributed by atoms with E-state index in [9.17, 15) is 0 Å². The molecule has 2 aromatic carbocycles. The highest BCUT2D eigenvalue weighted by molar-refractivity contribution is 7.28. The topological polar surface area (TPSA) is 0 Å². The van der Waals surface area contributed by atoms with Crippen molar-refractivity contribution < 1.29 is 0 Å². The summed E-state index contributed by atoms with van der Waals surface area (Å²) in [5.41, 5.74) is 1.33. The normalized spacial score (nSPS) is 10.5. The summed E-state index contributed by atoms with van der Waals surface area (Å²) < 4.78 is 0. The molecule has 0 bridgehead atoms. The Hall–Kier alpha value is -0.870. The van der Waals surface area contributed by atoms with Crippen LogP contribution in [0.15, 0.2) is 36.4 Å². The first kappa shape index (κ1) is 7.76. The van der Waals surface area contributed by atoms with Gasteiger partial charge >= 0.3 is 0 Å². The monoisotopic (exact) mass is 174 g/mol. The summed E-state index contributed by atoms with van der Waals surface area (Å²) in [6.45, 7) is 2.13. The van der Waals surface area contributed by atoms with E-state index in [1.165, 1.54) is 21.6 Å². The van der Waals surface area contributed by atoms with E-state index in [0.717, 1.165) is 0 Å². The minimum Gasteiger partial charge on any atom is -0.105 e. The molecule has 1 atom stereocenters. The fourth-order valence-electron chi connectivity index (χ4n) is 1.40. The zero-order chi connectivity index (χ0) is 8.55. The number of hydrogen-bond acceptors (Lipinski definition) is 0. The average molecular weight is 174 g/mol. The van der Waals surface area contributed by atoms with Gasteiger partial charge in [-0.2, -0.15) is 0 Å². The molecule has 0 radical (unpaired) electrons. The van der Waals surface area contributed by atoms with Gasteiger partial charge in [-0.05, 0) is 28.6 Å². The Balaban J connectivity index is 2.91. The second kappa shape index (κ2) is 2.88. The van der Waals surface area contributed by atoms with Crippen molar-refractivity contribution in [2.24, 2.45) is 0 Å². The van der Waals surface area contributed by atoms with Crippen LogP contribution in [0.2, 0.25) is 0 Å². The van der Waals surface area contributed by atoms with Gasteiger partial charge in [0, 0.05) is 0 Å². The van der Waals surface area contributed by atoms with E-state index in [0.29, 0.717) is 0 Å². The van der Waals surface area contributed by atoms with E-state index in [4.69, 9.17) is 0 Å². The minimum absolute atomic E-state index is 1.31. The van der Waals surface area contributed by atoms with Crippen molar-refractivity contribution in [3.8, 4) is 0 Å². The van der Waals surface area contributed by atoms with Crippen LogP contribution in [0.1, 0.15) is 5.56 Å². The van der Waals surface area contributed by atoms with Crippen LogP contribution in [0.3, 0.4) is 0 Å². The van der Waals surface area contributed by atoms with Gasteiger partial charge < -0.3 is 0 Å². The van der Waals surface area contributed by atoms with Gasteiger partial charge in [0.1, 0.15) is 0 Å². The first-order chi connectivity index (χ1) is 5.79. The van der Waals surface area contributed by atoms with Gasteiger partial charge in [-0.3, -0.25) is 0 Å². The summed E-state index contributed by atoms with van der Waals surface area (Å²) in [5, 5.41) is 3.96. The Labute approximate surface area is 74.8 Å². The number of hydrogen-bond donors (Lipinski definition) is 0. The standard InChI is InChI=1S/C11H11P/c1-8-6-7-9-4-2-3-5-10(9)11(8)12/h2-7H,12H2,1H3. The molecule has 2 aromatic rings. The molecule has 0 spiro atoms. The Morgan fingerprint density at radius 2 is 1.75 bits per heavy atom. The fraction of sp³-hybridized carbons (Fsp3) is 0.0909. The van der Waals surface area contributed by atoms with Gasteiger partial charge in [0.25, 0.3) is 0 Å². The Morgan fingerprint density at radius 1 is 1.00 bits per heavy atom. The third kappa shape index (κ3) is 1.13. The lowest BCUT2D eigenvalue weighted by Gasteiger charge is -2.03. The maximum atomic E-state index is 2.80. The molecule has 0 saturated heterocycles. The molecule has 0 N–H and O–H groups in total. The van der Waals surface area contributed by atoms with Gasteiger partial charge in [0.15, 0.2) is 0 Å². The molecule has 60 valence electrons. The summed E-state index contributed by atoms with van der Waals surface area (Å²) >= 11 is 0. The SMILES string of the molecule is Cc1ccc2ccccc2c1P. The summed E-state index contributed by atoms with van der Waals surface area (Å²) in [4.78, 5) is 0. The minimum atomic E-state index is 1.31. The summed E-state index contributed by atoms with van der Waals surface area (Å²) in [5.74, 6) is 0. The van der Waals surface area contributed by atoms with E-state index in [-0.39, 0.29) is 0 Å². The molecular formula is C11H11P. The van der Waals surface area contributed by atoms with Crippen LogP contribution < -0.4 is 5.30 Å². The third-order valence-electron chi connectivity index (χ3n) is 2.19. The van der Waals surface area contributed by atoms with Crippen LogP contribution >= 0.6 is 9.24 Å². The van der Waals surface area contributed by atoms with Crippen LogP contribution in [-0.4, -0.2) is 0 Å². The zero-order valence-electron chi connectivity index (χ0n) is 7.04. The lowest BCUT2D eigenvalue weighted by atomic mass is 10.1. The molecule has 0 amide bonds. The van der Waals surface area contributed by atoms with E-state index < -0.39 is 0 Å². The molecule has 0 fully saturated rings. The van der Waals surface area contributed by atoms with Crippen molar-refractivity contribution in [1.82, 2.24) is 0 Å². The zero-order valence-corrected chi connectivity index (χ0v) is 8.20. The number of rotatable bonds is 0. The van der Waals surface area contributed by atoms with Crippen molar-refractivity contribution in [3.05, 3.63) is 42.0 Å². The van der Waals surface area contributed by atoms with Crippen molar-refractivity contribution in [1.29, 1.82) is 0 Å². The van der Waals surface area contributed by atoms with Gasteiger partial charge in [-0.1, -0.05) is 36.4 Å². The lowest BCUT2D eigenvalue weighted by molar-refractivity contribution is 1.55. The van der Waals surface area contributed by atoms with Gasteiger partial charge in [-0.25, -0.2) is 0 Å². The largest absolute Gasteiger partial charge is 0.105 e. The average Bonchev–Trinajstić information content (AvgIpc) is 2.12. The Kier molecular flexibility index (Phi) is 1.86. The Bertz CT molecular complexity index is 418. The van der Waals surface area contributed by atoms with Crippen molar-refractivity contribution in [3.63, 3.8) is 0 Å². The fourth-order valence-corrected chi connectivity index (χ4v) is 1.76. The summed E-state index contributed by atoms with van der Waals surface area (Å²) in [7, 11) is 2.80. The van der Waals surface area contributed by atoms with Crippen molar-refractivity contribution in [2.75, 3.05) is 0 Å². The molecule has 0 aromatic heterocycles. The first-order valence-corrected chi connectivity index (χ1v) is 4.60. The smallest absolute Gasteiger partial charge is 0.0110 e. The predicted octanol–water partition coefficient (Wildman–Crippen LogP) is 2.65. The van der Waals surface area contributed by atoms with Crippen LogP contribution in [0.25, 0.3) is 10.8 Å². The third-order valence-corrected chi connectivity index (χ3v) is 2.96. The molecule has 0 aliphatic rings. The van der Waals surface area contributed by atoms with E-state index in [1.807, 2.05) is 0 Å². The maximum Gasteiger partial charge on any atom is -0.0110 e. The molecule has 1 unspecified atom stereocenters. The quantitative estimate of drug-likeness (QED) is 0.538. The number of fused-ring (bicyclic) bond motifs is 1. The summed E-state index contributed by atoms with van der Waals surface area (Å²) in [6, 6.07) is 12.8. The van der Waals surface area contributed by atoms with Gasteiger partial charge in [0.05, 0.1) is 0 Å². The van der Waals surface area contributed by atoms with E-state index in [2.05, 4.69) is 52.6 Å². The first-order valence-electron chi connectivity index (χ1n) is 4.03. The van der Waals surface area contributed by atoms with Crippen molar-refractivity contribution in [2.45, 2.75) is 6.92 Å². The molecular weight excluding hydrogens is 163 g/mol. The molecule has 0 aliphatic carbocycles. The maximum absolute atomic E-state index is 2.80. The number of aryl methyl sites for hydroxylation is 1. The second-order valence-electron chi connectivity index (χ2n) is 3.02. The van der Waals surface area contributed by atoms with E-state index >= 15 is 0 Å². The molecule has 2 rings (SSSR count). The highest BCUT2D eigenvalue weighted by Crippen LogP contribution is 2.15. The number of benzene rings is 2. The summed E-state index contributed by atoms with van der Waals surface area (Å²) in [6.07, 6.45) is 0. The van der Waals surface area contributed by atoms with Crippen molar-refractivity contribution >= 4 is 25.3 Å². The van der Waals surface area contributed by atoms with Crippen LogP contribution in [0, 0.1) is 6.92 Å². The molecule has 0 aliphatic heterocycles. The molecule has 0 heterocycles. The van der Waals surface area contributed by atoms with Crippen LogP contribution in [0.5, 0.6) is 0 Å². The predicted molar refractivity (Wildman–Crippen MR) is 58.0 cm³/mol. The lowest BCUT2D eigenvalue weighted by Crippen LogP contribution is -1.97. The molecule has 0 saturated carbocycles. The highest BCUT2D eigenvalue weighted by Gasteiger charge is 1.97. The van der Waals surface area contributed by atoms with Crippen LogP contribution in [-0.2, 0) is 0 Å². The second-order valence-corrected chi connectivity index (χ2v) is 3.59. The molecule has 0 nitrogen and oxygen atoms in total. The highest BCUT2D eigenvalue weighted by atomic mass is 31.0. The van der Waals surface area contributed by atoms with Crippen LogP contribution in [0.4, 0.5) is 0 Å². The van der Waals surface area contributed by atoms with E-state index in [1.54, 1.807) is 0 Å².